The third kappa shape index (κ3) is 5.92. The molecule has 0 radical (unpaired) electrons. The molecule has 4 rings (SSSR count). The molecule has 2 aromatic carbocycles. The van der Waals surface area contributed by atoms with Crippen LogP contribution in [-0.2, 0) is 27.6 Å². The number of nitrogens with one attached hydrogen (secondary N) is 1. The number of hydrogen-bond donors (Lipinski definition) is 2. The minimum absolute atomic E-state index is 0.0752. The minimum atomic E-state index is -3.77. The summed E-state index contributed by atoms with van der Waals surface area (Å²) in [5, 5.41) is 3.17. The van der Waals surface area contributed by atoms with Crippen LogP contribution in [0.3, 0.4) is 0 Å². The molecular weight excluding hydrogens is 531 g/mol. The lowest BCUT2D eigenvalue weighted by Crippen LogP contribution is -2.40. The average Bonchev–Trinajstić information content (AvgIpc) is 3.09. The number of hydrogen-bond acceptors (Lipinski definition) is 8. The van der Waals surface area contributed by atoms with Crippen LogP contribution in [0.15, 0.2) is 46.4 Å². The zero-order valence-corrected chi connectivity index (χ0v) is 22.9. The number of nitrogens with zero attached hydrogens (tertiary/aromatic N) is 2. The standard InChI is InChI=1S/C26H29FN4O5S2/c1-4-19-20(6-8-22(23(19)27)38(3,34)35)25(33)31-9-10-36-21-7-5-16(11-17(21)13-31)18-12-29-26(37-14-18)30-24(32)15(2)28/h5-8,11-12,15H,4,9-10,13-14,28H2,1-3H3,(H,29,30,32)/t15-/m1/s1. The van der Waals surface area contributed by atoms with Gasteiger partial charge in [-0.25, -0.2) is 17.8 Å². The van der Waals surface area contributed by atoms with Gasteiger partial charge < -0.3 is 20.7 Å². The number of aliphatic imine (C=N–C) groups is 1. The van der Waals surface area contributed by atoms with E-state index < -0.39 is 32.5 Å². The maximum absolute atomic E-state index is 15.0. The molecule has 0 unspecified atom stereocenters. The summed E-state index contributed by atoms with van der Waals surface area (Å²) < 4.78 is 44.8. The summed E-state index contributed by atoms with van der Waals surface area (Å²) in [4.78, 5) is 30.8. The first-order valence-corrected chi connectivity index (χ1v) is 14.9. The van der Waals surface area contributed by atoms with Crippen molar-refractivity contribution in [3.8, 4) is 5.75 Å². The number of thioether (sulfide) groups is 1. The molecule has 0 aliphatic carbocycles. The number of fused-ring (bicyclic) bond motifs is 1. The smallest absolute Gasteiger partial charge is 0.254 e. The van der Waals surface area contributed by atoms with E-state index >= 15 is 4.39 Å². The molecule has 2 aliphatic rings. The molecular formula is C26H29FN4O5S2. The number of halogens is 1. The number of nitrogens with two attached hydrogens (primary N) is 1. The number of sulfone groups is 1. The molecule has 0 saturated carbocycles. The summed E-state index contributed by atoms with van der Waals surface area (Å²) in [6, 6.07) is 7.59. The molecule has 2 amide bonds. The molecule has 38 heavy (non-hydrogen) atoms. The molecule has 0 aromatic heterocycles. The molecule has 3 N–H and O–H groups in total. The van der Waals surface area contributed by atoms with E-state index in [9.17, 15) is 18.0 Å². The van der Waals surface area contributed by atoms with Crippen LogP contribution >= 0.6 is 11.8 Å². The van der Waals surface area contributed by atoms with Gasteiger partial charge in [0.25, 0.3) is 5.91 Å². The number of ether oxygens (including phenoxy) is 1. The molecule has 202 valence electrons. The van der Waals surface area contributed by atoms with Gasteiger partial charge in [0, 0.05) is 41.4 Å². The van der Waals surface area contributed by atoms with E-state index in [1.165, 1.54) is 17.8 Å². The van der Waals surface area contributed by atoms with E-state index in [2.05, 4.69) is 10.3 Å². The molecule has 0 saturated heterocycles. The summed E-state index contributed by atoms with van der Waals surface area (Å²) >= 11 is 1.38. The molecule has 2 heterocycles. The molecule has 0 bridgehead atoms. The second kappa shape index (κ2) is 11.3. The summed E-state index contributed by atoms with van der Waals surface area (Å²) in [6.07, 6.45) is 2.80. The lowest BCUT2D eigenvalue weighted by molar-refractivity contribution is -0.120. The fourth-order valence-electron chi connectivity index (χ4n) is 4.17. The first-order valence-electron chi connectivity index (χ1n) is 12.0. The third-order valence-electron chi connectivity index (χ3n) is 6.24. The van der Waals surface area contributed by atoms with Crippen LogP contribution in [0.2, 0.25) is 0 Å². The van der Waals surface area contributed by atoms with Gasteiger partial charge in [-0.15, -0.1) is 0 Å². The van der Waals surface area contributed by atoms with Crippen LogP contribution in [-0.4, -0.2) is 61.5 Å². The number of benzene rings is 2. The van der Waals surface area contributed by atoms with Crippen LogP contribution < -0.4 is 15.8 Å². The van der Waals surface area contributed by atoms with Crippen molar-refractivity contribution in [3.63, 3.8) is 0 Å². The third-order valence-corrected chi connectivity index (χ3v) is 8.29. The number of rotatable bonds is 5. The summed E-state index contributed by atoms with van der Waals surface area (Å²) in [6.45, 7) is 4.06. The van der Waals surface area contributed by atoms with Gasteiger partial charge in [0.1, 0.15) is 23.1 Å². The van der Waals surface area contributed by atoms with Crippen LogP contribution in [0.25, 0.3) is 5.57 Å². The van der Waals surface area contributed by atoms with Crippen molar-refractivity contribution < 1.29 is 27.1 Å². The van der Waals surface area contributed by atoms with Crippen LogP contribution in [0.1, 0.15) is 40.9 Å². The van der Waals surface area contributed by atoms with Gasteiger partial charge in [0.2, 0.25) is 5.91 Å². The second-order valence-corrected chi connectivity index (χ2v) is 12.0. The fourth-order valence-corrected chi connectivity index (χ4v) is 5.77. The predicted octanol–water partition coefficient (Wildman–Crippen LogP) is 2.73. The monoisotopic (exact) mass is 560 g/mol. The minimum Gasteiger partial charge on any atom is -0.491 e. The Kier molecular flexibility index (Phi) is 8.24. The Morgan fingerprint density at radius 3 is 2.68 bits per heavy atom. The van der Waals surface area contributed by atoms with E-state index in [1.807, 2.05) is 18.2 Å². The van der Waals surface area contributed by atoms with Gasteiger partial charge in [-0.3, -0.25) is 9.59 Å². The Hall–Kier alpha value is -3.22. The van der Waals surface area contributed by atoms with Crippen molar-refractivity contribution in [1.82, 2.24) is 10.2 Å². The van der Waals surface area contributed by atoms with Crippen molar-refractivity contribution in [2.24, 2.45) is 10.7 Å². The molecule has 9 nitrogen and oxygen atoms in total. The average molecular weight is 561 g/mol. The zero-order valence-electron chi connectivity index (χ0n) is 21.3. The first kappa shape index (κ1) is 27.8. The molecule has 0 fully saturated rings. The topological polar surface area (TPSA) is 131 Å². The summed E-state index contributed by atoms with van der Waals surface area (Å²) in [7, 11) is -3.77. The van der Waals surface area contributed by atoms with Gasteiger partial charge in [0.15, 0.2) is 15.0 Å². The van der Waals surface area contributed by atoms with Gasteiger partial charge in [0.05, 0.1) is 12.6 Å². The van der Waals surface area contributed by atoms with Crippen molar-refractivity contribution in [1.29, 1.82) is 0 Å². The number of carbonyl (C=O) groups is 2. The predicted molar refractivity (Wildman–Crippen MR) is 145 cm³/mol. The van der Waals surface area contributed by atoms with Crippen molar-refractivity contribution >= 4 is 44.2 Å². The molecule has 2 aromatic rings. The van der Waals surface area contributed by atoms with Crippen molar-refractivity contribution in [2.45, 2.75) is 37.8 Å². The van der Waals surface area contributed by atoms with Crippen molar-refractivity contribution in [2.75, 3.05) is 25.2 Å². The van der Waals surface area contributed by atoms with Crippen LogP contribution in [0.5, 0.6) is 5.75 Å². The van der Waals surface area contributed by atoms with Gasteiger partial charge in [-0.2, -0.15) is 0 Å². The van der Waals surface area contributed by atoms with Crippen LogP contribution in [0.4, 0.5) is 4.39 Å². The van der Waals surface area contributed by atoms with E-state index in [4.69, 9.17) is 10.5 Å². The normalized spacial score (nSPS) is 16.4. The second-order valence-electron chi connectivity index (χ2n) is 9.08. The van der Waals surface area contributed by atoms with Gasteiger partial charge in [-0.1, -0.05) is 24.8 Å². The largest absolute Gasteiger partial charge is 0.491 e. The Morgan fingerprint density at radius 2 is 2.05 bits per heavy atom. The Balaban J connectivity index is 1.59. The highest BCUT2D eigenvalue weighted by molar-refractivity contribution is 8.14. The lowest BCUT2D eigenvalue weighted by Gasteiger charge is -2.22. The molecule has 12 heteroatoms. The first-order chi connectivity index (χ1) is 18.0. The SMILES string of the molecule is CCc1c(C(=O)N2CCOc3ccc(C4=CN=C(NC(=O)[C@@H](C)N)SC4)cc3C2)ccc(S(C)(=O)=O)c1F. The van der Waals surface area contributed by atoms with Gasteiger partial charge >= 0.3 is 0 Å². The quantitative estimate of drug-likeness (QED) is 0.575. The van der Waals surface area contributed by atoms with Crippen LogP contribution in [0, 0.1) is 5.82 Å². The molecule has 1 atom stereocenters. The molecule has 0 spiro atoms. The van der Waals surface area contributed by atoms with E-state index in [0.29, 0.717) is 16.7 Å². The van der Waals surface area contributed by atoms with Gasteiger partial charge in [-0.05, 0) is 48.7 Å². The highest BCUT2D eigenvalue weighted by Crippen LogP contribution is 2.31. The highest BCUT2D eigenvalue weighted by atomic mass is 32.2. The Morgan fingerprint density at radius 1 is 1.29 bits per heavy atom. The Bertz CT molecular complexity index is 1450. The number of amidine groups is 1. The molecule has 2 aliphatic heterocycles. The maximum Gasteiger partial charge on any atom is 0.254 e. The van der Waals surface area contributed by atoms with E-state index in [-0.39, 0.29) is 43.2 Å². The van der Waals surface area contributed by atoms with Crippen molar-refractivity contribution in [3.05, 3.63) is 64.6 Å². The fraction of sp³-hybridized carbons (Fsp3) is 0.346. The summed E-state index contributed by atoms with van der Waals surface area (Å²) in [5.74, 6) is -0.359. The summed E-state index contributed by atoms with van der Waals surface area (Å²) in [5.41, 5.74) is 8.42. The lowest BCUT2D eigenvalue weighted by atomic mass is 10.0. The Labute approximate surface area is 225 Å². The number of amides is 2. The van der Waals surface area contributed by atoms with E-state index in [1.54, 1.807) is 24.9 Å². The van der Waals surface area contributed by atoms with E-state index in [0.717, 1.165) is 29.0 Å². The zero-order chi connectivity index (χ0) is 27.6. The highest BCUT2D eigenvalue weighted by Gasteiger charge is 2.27. The maximum atomic E-state index is 15.0. The number of carbonyl (C=O) groups excluding carboxylic acids is 2.